The van der Waals surface area contributed by atoms with Gasteiger partial charge in [0.2, 0.25) is 0 Å². The normalized spacial score (nSPS) is 20.8. The smallest absolute Gasteiger partial charge is 0.314 e. The van der Waals surface area contributed by atoms with Gasteiger partial charge in [-0.15, -0.1) is 5.11 Å². The van der Waals surface area contributed by atoms with Crippen LogP contribution in [-0.4, -0.2) is 19.0 Å². The van der Waals surface area contributed by atoms with E-state index in [1.165, 1.54) is 51.4 Å². The number of carbonyl (C=O) groups is 2. The molecule has 8 heteroatoms. The summed E-state index contributed by atoms with van der Waals surface area (Å²) in [6, 6.07) is 20.0. The number of carbonyl (C=O) groups excluding carboxylic acids is 2. The van der Waals surface area contributed by atoms with Crippen molar-refractivity contribution in [2.24, 2.45) is 33.9 Å². The van der Waals surface area contributed by atoms with Crippen molar-refractivity contribution in [2.45, 2.75) is 130 Å². The van der Waals surface area contributed by atoms with E-state index in [2.05, 4.69) is 24.1 Å². The highest BCUT2D eigenvalue weighted by molar-refractivity contribution is 5.76. The molecular formula is C45H60N2O6. The number of unbranched alkanes of at least 4 members (excludes halogenated alkanes) is 4. The first-order valence-corrected chi connectivity index (χ1v) is 20.2. The largest absolute Gasteiger partial charge is 0.497 e. The molecule has 0 spiro atoms. The molecule has 0 aliphatic heterocycles. The minimum Gasteiger partial charge on any atom is -0.497 e. The number of ether oxygens (including phenoxy) is 4. The average molecular weight is 725 g/mol. The first kappa shape index (κ1) is 40.0. The Kier molecular flexibility index (Phi) is 15.8. The van der Waals surface area contributed by atoms with Gasteiger partial charge in [0, 0.05) is 6.07 Å². The summed E-state index contributed by atoms with van der Waals surface area (Å²) in [5.74, 6) is 3.11. The lowest BCUT2D eigenvalue weighted by atomic mass is 9.80. The Morgan fingerprint density at radius 3 is 1.79 bits per heavy atom. The summed E-state index contributed by atoms with van der Waals surface area (Å²) in [5.41, 5.74) is 2.02. The molecule has 5 rings (SSSR count). The Hall–Kier alpha value is -4.20. The summed E-state index contributed by atoms with van der Waals surface area (Å²) in [6.07, 6.45) is 17.7. The zero-order valence-electron chi connectivity index (χ0n) is 32.4. The molecule has 2 aliphatic rings. The topological polar surface area (TPSA) is 95.8 Å². The van der Waals surface area contributed by atoms with E-state index in [1.54, 1.807) is 49.6 Å². The molecule has 1 atom stereocenters. The zero-order valence-corrected chi connectivity index (χ0v) is 32.4. The maximum atomic E-state index is 13.2. The van der Waals surface area contributed by atoms with Crippen LogP contribution in [0.3, 0.4) is 0 Å². The number of azo groups is 1. The first-order valence-electron chi connectivity index (χ1n) is 20.2. The van der Waals surface area contributed by atoms with Gasteiger partial charge in [0.25, 0.3) is 0 Å². The lowest BCUT2D eigenvalue weighted by Crippen LogP contribution is -2.25. The first-order chi connectivity index (χ1) is 25.8. The fraction of sp³-hybridized carbons (Fsp3) is 0.556. The second-order valence-electron chi connectivity index (χ2n) is 15.1. The number of hydrogen-bond donors (Lipinski definition) is 0. The Balaban J connectivity index is 1.22. The molecule has 8 nitrogen and oxygen atoms in total. The second-order valence-corrected chi connectivity index (χ2v) is 15.1. The lowest BCUT2D eigenvalue weighted by Gasteiger charge is -2.27. The van der Waals surface area contributed by atoms with Gasteiger partial charge in [0.15, 0.2) is 5.75 Å². The van der Waals surface area contributed by atoms with Gasteiger partial charge in [-0.2, -0.15) is 5.11 Å². The van der Waals surface area contributed by atoms with Crippen LogP contribution in [0.25, 0.3) is 0 Å². The molecule has 0 N–H and O–H groups in total. The van der Waals surface area contributed by atoms with Crippen LogP contribution in [0.2, 0.25) is 0 Å². The van der Waals surface area contributed by atoms with Crippen LogP contribution in [0.1, 0.15) is 135 Å². The van der Waals surface area contributed by atoms with Crippen LogP contribution in [0.15, 0.2) is 77.0 Å². The predicted octanol–water partition coefficient (Wildman–Crippen LogP) is 12.8. The minimum atomic E-state index is -0.349. The summed E-state index contributed by atoms with van der Waals surface area (Å²) in [6.45, 7) is 6.42. The molecule has 53 heavy (non-hydrogen) atoms. The molecule has 286 valence electrons. The number of benzene rings is 3. The number of nitrogens with zero attached hydrogens (tertiary/aromatic N) is 2. The van der Waals surface area contributed by atoms with Gasteiger partial charge in [0.05, 0.1) is 24.6 Å². The number of methoxy groups -OCH3 is 1. The number of rotatable bonds is 18. The quantitative estimate of drug-likeness (QED) is 0.0561. The van der Waals surface area contributed by atoms with Gasteiger partial charge in [-0.3, -0.25) is 9.59 Å². The lowest BCUT2D eigenvalue weighted by molar-refractivity contribution is -0.141. The molecular weight excluding hydrogens is 665 g/mol. The van der Waals surface area contributed by atoms with E-state index in [4.69, 9.17) is 18.9 Å². The summed E-state index contributed by atoms with van der Waals surface area (Å²) in [5, 5.41) is 9.00. The van der Waals surface area contributed by atoms with Crippen molar-refractivity contribution in [3.8, 4) is 23.0 Å². The fourth-order valence-corrected chi connectivity index (χ4v) is 7.72. The van der Waals surface area contributed by atoms with Gasteiger partial charge in [-0.25, -0.2) is 0 Å². The third kappa shape index (κ3) is 12.4. The van der Waals surface area contributed by atoms with E-state index in [1.807, 2.05) is 31.2 Å². The van der Waals surface area contributed by atoms with Crippen molar-refractivity contribution in [1.29, 1.82) is 0 Å². The highest BCUT2D eigenvalue weighted by atomic mass is 16.5. The Labute approximate surface area is 317 Å². The molecule has 1 unspecified atom stereocenters. The number of hydrogen-bond acceptors (Lipinski definition) is 8. The maximum absolute atomic E-state index is 13.2. The molecule has 0 radical (unpaired) electrons. The second kappa shape index (κ2) is 20.9. The monoisotopic (exact) mass is 724 g/mol. The van der Waals surface area contributed by atoms with Crippen molar-refractivity contribution in [2.75, 3.05) is 7.11 Å². The van der Waals surface area contributed by atoms with E-state index in [0.717, 1.165) is 68.6 Å². The standard InChI is InChI=1S/C45H60N2O6/c1-5-7-9-12-33-16-20-35(21-17-33)44(48)52-39-26-24-38(25-27-39)46-47-42-29-28-41(31-43(42)51-32(3)37-14-11-15-40(30-37)50-4)53-45(49)36-22-18-34(19-23-36)13-10-8-6-2/h11,14-15,24-36H,5-10,12-13,16-23H2,1-4H3. The fourth-order valence-electron chi connectivity index (χ4n) is 7.72. The van der Waals surface area contributed by atoms with Crippen LogP contribution in [0, 0.1) is 23.7 Å². The zero-order chi connectivity index (χ0) is 37.4. The third-order valence-electron chi connectivity index (χ3n) is 11.1. The molecule has 0 heterocycles. The Morgan fingerprint density at radius 1 is 0.660 bits per heavy atom. The molecule has 3 aromatic carbocycles. The van der Waals surface area contributed by atoms with Crippen molar-refractivity contribution >= 4 is 23.3 Å². The maximum Gasteiger partial charge on any atom is 0.314 e. The number of esters is 2. The molecule has 2 fully saturated rings. The highest BCUT2D eigenvalue weighted by Crippen LogP contribution is 2.39. The summed E-state index contributed by atoms with van der Waals surface area (Å²) >= 11 is 0. The minimum absolute atomic E-state index is 0.0350. The molecule has 2 saturated carbocycles. The van der Waals surface area contributed by atoms with Crippen LogP contribution >= 0.6 is 0 Å². The Morgan fingerprint density at radius 2 is 1.23 bits per heavy atom. The van der Waals surface area contributed by atoms with E-state index >= 15 is 0 Å². The molecule has 0 amide bonds. The van der Waals surface area contributed by atoms with Crippen LogP contribution < -0.4 is 18.9 Å². The summed E-state index contributed by atoms with van der Waals surface area (Å²) in [7, 11) is 1.64. The predicted molar refractivity (Wildman–Crippen MR) is 210 cm³/mol. The van der Waals surface area contributed by atoms with Crippen LogP contribution in [0.4, 0.5) is 11.4 Å². The van der Waals surface area contributed by atoms with Gasteiger partial charge in [0.1, 0.15) is 29.0 Å². The van der Waals surface area contributed by atoms with Crippen molar-refractivity contribution < 1.29 is 28.5 Å². The Bertz CT molecular complexity index is 1610. The van der Waals surface area contributed by atoms with Gasteiger partial charge < -0.3 is 18.9 Å². The van der Waals surface area contributed by atoms with E-state index in [9.17, 15) is 9.59 Å². The molecule has 0 aromatic heterocycles. The summed E-state index contributed by atoms with van der Waals surface area (Å²) in [4.78, 5) is 26.2. The highest BCUT2D eigenvalue weighted by Gasteiger charge is 2.29. The van der Waals surface area contributed by atoms with Crippen LogP contribution in [0.5, 0.6) is 23.0 Å². The molecule has 2 aliphatic carbocycles. The van der Waals surface area contributed by atoms with Gasteiger partial charge in [-0.05, 0) is 124 Å². The van der Waals surface area contributed by atoms with Crippen LogP contribution in [-0.2, 0) is 9.59 Å². The molecule has 0 saturated heterocycles. The molecule has 3 aromatic rings. The van der Waals surface area contributed by atoms with Gasteiger partial charge in [-0.1, -0.05) is 77.3 Å². The SMILES string of the molecule is CCCCCC1CCC(C(=O)Oc2ccc(N=Nc3ccc(OC(=O)C4CCC(CCCCC)CC4)cc3OC(C)c3cccc(OC)c3)cc2)CC1. The van der Waals surface area contributed by atoms with E-state index in [-0.39, 0.29) is 29.9 Å². The average Bonchev–Trinajstić information content (AvgIpc) is 3.19. The third-order valence-corrected chi connectivity index (χ3v) is 11.1. The summed E-state index contributed by atoms with van der Waals surface area (Å²) < 4.78 is 23.6. The molecule has 0 bridgehead atoms. The van der Waals surface area contributed by atoms with Crippen molar-refractivity contribution in [3.63, 3.8) is 0 Å². The van der Waals surface area contributed by atoms with E-state index < -0.39 is 0 Å². The van der Waals surface area contributed by atoms with Gasteiger partial charge >= 0.3 is 11.9 Å². The van der Waals surface area contributed by atoms with Crippen molar-refractivity contribution in [1.82, 2.24) is 0 Å². The van der Waals surface area contributed by atoms with E-state index in [0.29, 0.717) is 34.5 Å². The van der Waals surface area contributed by atoms with Crippen molar-refractivity contribution in [3.05, 3.63) is 72.3 Å².